The Hall–Kier alpha value is 0.300. The van der Waals surface area contributed by atoms with Crippen LogP contribution in [0.25, 0.3) is 0 Å². The Labute approximate surface area is 104 Å². The lowest BCUT2D eigenvalue weighted by atomic mass is 10.4. The largest absolute Gasteiger partial charge is 0.219 e. The second-order valence-corrected chi connectivity index (χ2v) is 10.9. The molecule has 4 heteroatoms. The molecule has 0 bridgehead atoms. The fourth-order valence-corrected chi connectivity index (χ4v) is 8.15. The molecule has 0 rings (SSSR count). The fourth-order valence-electron chi connectivity index (χ4n) is 1.51. The topological polar surface area (TPSA) is 34.1 Å². The van der Waals surface area contributed by atoms with Crippen molar-refractivity contribution in [3.05, 3.63) is 0 Å². The van der Waals surface area contributed by atoms with Crippen LogP contribution in [0.4, 0.5) is 0 Å². The molecule has 0 N–H and O–H groups in total. The van der Waals surface area contributed by atoms with Gasteiger partial charge >= 0.3 is 0 Å². The molecule has 0 aliphatic carbocycles. The lowest BCUT2D eigenvalue weighted by Gasteiger charge is -2.21. The molecule has 0 aromatic rings. The van der Waals surface area contributed by atoms with Crippen molar-refractivity contribution in [2.24, 2.45) is 0 Å². The molecular formula is C12H28O2S2. The molecule has 2 nitrogen and oxygen atoms in total. The Balaban J connectivity index is 4.33. The van der Waals surface area contributed by atoms with Crippen molar-refractivity contribution in [3.8, 4) is 0 Å². The summed E-state index contributed by atoms with van der Waals surface area (Å²) in [6.07, 6.45) is 6.16. The Morgan fingerprint density at radius 3 is 1.62 bits per heavy atom. The minimum atomic E-state index is -2.76. The van der Waals surface area contributed by atoms with Crippen LogP contribution in [0.1, 0.15) is 59.3 Å². The predicted octanol–water partition coefficient (Wildman–Crippen LogP) is 3.72. The number of hydrogen-bond acceptors (Lipinski definition) is 2. The normalized spacial score (nSPS) is 12.8. The number of rotatable bonds is 10. The quantitative estimate of drug-likeness (QED) is 0.484. The van der Waals surface area contributed by atoms with Crippen LogP contribution in [-0.2, 0) is 8.87 Å². The Kier molecular flexibility index (Phi) is 9.52. The van der Waals surface area contributed by atoms with Crippen molar-refractivity contribution in [1.29, 1.82) is 0 Å². The van der Waals surface area contributed by atoms with Crippen molar-refractivity contribution >= 4 is 18.8 Å². The molecule has 0 aliphatic heterocycles. The lowest BCUT2D eigenvalue weighted by Crippen LogP contribution is -2.11. The van der Waals surface area contributed by atoms with Gasteiger partial charge in [-0.3, -0.25) is 0 Å². The average molecular weight is 268 g/mol. The summed E-state index contributed by atoms with van der Waals surface area (Å²) in [4.78, 5) is 0. The van der Waals surface area contributed by atoms with Crippen LogP contribution in [0.2, 0.25) is 0 Å². The summed E-state index contributed by atoms with van der Waals surface area (Å²) in [5.41, 5.74) is 0. The summed E-state index contributed by atoms with van der Waals surface area (Å²) in [5, 5.41) is 0. The molecule has 0 atom stereocenters. The maximum atomic E-state index is 12.1. The molecule has 0 fully saturated rings. The van der Waals surface area contributed by atoms with E-state index in [4.69, 9.17) is 0 Å². The van der Waals surface area contributed by atoms with Crippen molar-refractivity contribution in [2.45, 2.75) is 59.3 Å². The summed E-state index contributed by atoms with van der Waals surface area (Å²) >= 11 is 0. The van der Waals surface area contributed by atoms with Gasteiger partial charge in [-0.2, -0.15) is 9.93 Å². The molecule has 16 heavy (non-hydrogen) atoms. The van der Waals surface area contributed by atoms with Gasteiger partial charge in [-0.1, -0.05) is 40.0 Å². The Morgan fingerprint density at radius 1 is 0.812 bits per heavy atom. The fraction of sp³-hybridized carbons (Fsp3) is 1.00. The van der Waals surface area contributed by atoms with Gasteiger partial charge in [0, 0.05) is 0 Å². The molecule has 0 amide bonds. The van der Waals surface area contributed by atoms with E-state index in [0.717, 1.165) is 50.0 Å². The zero-order valence-electron chi connectivity index (χ0n) is 11.0. The minimum Gasteiger partial charge on any atom is -0.219 e. The molecule has 0 saturated heterocycles. The molecular weight excluding hydrogens is 240 g/mol. The third-order valence-electron chi connectivity index (χ3n) is 2.67. The summed E-state index contributed by atoms with van der Waals surface area (Å²) in [7, 11) is -3.52. The van der Waals surface area contributed by atoms with Gasteiger partial charge in [-0.15, -0.1) is 0 Å². The number of hydrogen-bond donors (Lipinski definition) is 1. The van der Waals surface area contributed by atoms with Gasteiger partial charge in [0.2, 0.25) is 0 Å². The van der Waals surface area contributed by atoms with Crippen LogP contribution in [0, 0.1) is 0 Å². The van der Waals surface area contributed by atoms with Gasteiger partial charge < -0.3 is 0 Å². The highest BCUT2D eigenvalue weighted by molar-refractivity contribution is 8.81. The van der Waals surface area contributed by atoms with E-state index in [-0.39, 0.29) is 0 Å². The summed E-state index contributed by atoms with van der Waals surface area (Å²) in [6, 6.07) is 0. The average Bonchev–Trinajstić information content (AvgIpc) is 2.26. The molecule has 0 radical (unpaired) electrons. The molecule has 100 valence electrons. The summed E-state index contributed by atoms with van der Waals surface area (Å²) in [6.45, 7) is 6.31. The van der Waals surface area contributed by atoms with Crippen LogP contribution in [-0.4, -0.2) is 25.7 Å². The number of thiol groups is 1. The maximum Gasteiger partial charge on any atom is 0.182 e. The zero-order valence-corrected chi connectivity index (χ0v) is 12.7. The van der Waals surface area contributed by atoms with Crippen LogP contribution in [0.5, 0.6) is 0 Å². The highest BCUT2D eigenvalue weighted by atomic mass is 33.2. The van der Waals surface area contributed by atoms with Gasteiger partial charge in [0.05, 0.1) is 5.75 Å². The van der Waals surface area contributed by atoms with E-state index in [2.05, 4.69) is 20.8 Å². The lowest BCUT2D eigenvalue weighted by molar-refractivity contribution is 0.606. The number of unbranched alkanes of at least 4 members (excludes halogenated alkanes) is 3. The smallest absolute Gasteiger partial charge is 0.182 e. The van der Waals surface area contributed by atoms with Gasteiger partial charge in [-0.25, -0.2) is 8.42 Å². The van der Waals surface area contributed by atoms with E-state index in [1.807, 2.05) is 0 Å². The first kappa shape index (κ1) is 16.3. The van der Waals surface area contributed by atoms with Crippen LogP contribution in [0.15, 0.2) is 0 Å². The third kappa shape index (κ3) is 6.79. The van der Waals surface area contributed by atoms with Gasteiger partial charge in [0.25, 0.3) is 0 Å². The van der Waals surface area contributed by atoms with Gasteiger partial charge in [0.15, 0.2) is 8.87 Å². The molecule has 0 heterocycles. The second-order valence-electron chi connectivity index (χ2n) is 4.28. The van der Waals surface area contributed by atoms with E-state index in [1.54, 1.807) is 0 Å². The van der Waals surface area contributed by atoms with E-state index in [9.17, 15) is 8.42 Å². The summed E-state index contributed by atoms with van der Waals surface area (Å²) < 4.78 is 24.3. The Morgan fingerprint density at radius 2 is 1.25 bits per heavy atom. The SMILES string of the molecule is CCCC[SH](CCCC)S(=O)(=O)CCCC. The van der Waals surface area contributed by atoms with E-state index in [1.165, 1.54) is 0 Å². The molecule has 0 saturated carbocycles. The molecule has 0 aliphatic rings. The zero-order chi connectivity index (χ0) is 12.4. The van der Waals surface area contributed by atoms with Crippen LogP contribution >= 0.6 is 9.93 Å². The van der Waals surface area contributed by atoms with Gasteiger partial charge in [-0.05, 0) is 30.8 Å². The Bertz CT molecular complexity index is 240. The van der Waals surface area contributed by atoms with Crippen LogP contribution < -0.4 is 0 Å². The molecule has 0 spiro atoms. The van der Waals surface area contributed by atoms with Crippen molar-refractivity contribution in [1.82, 2.24) is 0 Å². The maximum absolute atomic E-state index is 12.1. The van der Waals surface area contributed by atoms with Crippen molar-refractivity contribution < 1.29 is 8.42 Å². The first-order valence-electron chi connectivity index (χ1n) is 6.56. The minimum absolute atomic E-state index is 0.419. The predicted molar refractivity (Wildman–Crippen MR) is 77.2 cm³/mol. The first-order valence-corrected chi connectivity index (χ1v) is 10.5. The van der Waals surface area contributed by atoms with E-state index in [0.29, 0.717) is 5.75 Å². The monoisotopic (exact) mass is 268 g/mol. The molecule has 0 aromatic heterocycles. The summed E-state index contributed by atoms with van der Waals surface area (Å²) in [5.74, 6) is 2.28. The second kappa shape index (κ2) is 9.34. The van der Waals surface area contributed by atoms with E-state index >= 15 is 0 Å². The van der Waals surface area contributed by atoms with Crippen molar-refractivity contribution in [2.75, 3.05) is 17.3 Å². The van der Waals surface area contributed by atoms with E-state index < -0.39 is 18.8 Å². The third-order valence-corrected chi connectivity index (χ3v) is 9.90. The highest BCUT2D eigenvalue weighted by Gasteiger charge is 2.19. The standard InChI is InChI=1S/C12H28O2S2/c1-4-7-10-15(11-8-5-2)16(13,14)12-9-6-3/h15H,4-12H2,1-3H3. The van der Waals surface area contributed by atoms with Gasteiger partial charge in [0.1, 0.15) is 0 Å². The molecule has 0 aromatic carbocycles. The molecule has 0 unspecified atom stereocenters. The van der Waals surface area contributed by atoms with Crippen LogP contribution in [0.3, 0.4) is 0 Å². The van der Waals surface area contributed by atoms with Crippen molar-refractivity contribution in [3.63, 3.8) is 0 Å². The highest BCUT2D eigenvalue weighted by Crippen LogP contribution is 2.36. The first-order chi connectivity index (χ1) is 7.58.